The van der Waals surface area contributed by atoms with Crippen LogP contribution in [0.1, 0.15) is 84.4 Å². The number of aromatic amines is 1. The van der Waals surface area contributed by atoms with Crippen molar-refractivity contribution in [2.45, 2.75) is 69.4 Å². The Bertz CT molecular complexity index is 2810. The fourth-order valence-corrected chi connectivity index (χ4v) is 9.94. The lowest BCUT2D eigenvalue weighted by Crippen LogP contribution is -2.44. The van der Waals surface area contributed by atoms with E-state index in [4.69, 9.17) is 4.74 Å². The second-order valence-corrected chi connectivity index (χ2v) is 17.2. The van der Waals surface area contributed by atoms with Crippen molar-refractivity contribution in [3.05, 3.63) is 100 Å². The molecule has 3 fully saturated rings. The Morgan fingerprint density at radius 2 is 1.76 bits per heavy atom. The SMILES string of the molecule is COc1cc(C2CCN(c3cccc4c3n(C)c(=O)n4C3CCC(=O)NC3=O)CC2)ccc1-c1cc(C(=O)N(C)C)cc2c(F)c([C@@H]3CCCN(C(=O)CCn4cccn4)C3)[nH]c12. The van der Waals surface area contributed by atoms with E-state index in [9.17, 15) is 24.0 Å². The average molecular weight is 858 g/mol. The molecule has 0 saturated carbocycles. The van der Waals surface area contributed by atoms with E-state index in [-0.39, 0.29) is 48.1 Å². The molecule has 3 aromatic carbocycles. The van der Waals surface area contributed by atoms with E-state index in [1.54, 1.807) is 55.8 Å². The Morgan fingerprint density at radius 3 is 2.49 bits per heavy atom. The number of methoxy groups -OCH3 is 1. The fraction of sp³-hybridized carbons (Fsp3) is 0.404. The van der Waals surface area contributed by atoms with Crippen molar-refractivity contribution in [1.82, 2.24) is 39.0 Å². The number of para-hydroxylation sites is 1. The van der Waals surface area contributed by atoms with Crippen LogP contribution in [0.3, 0.4) is 0 Å². The van der Waals surface area contributed by atoms with Gasteiger partial charge in [0.15, 0.2) is 5.82 Å². The molecule has 0 aliphatic carbocycles. The number of amides is 4. The van der Waals surface area contributed by atoms with Crippen LogP contribution in [0.25, 0.3) is 33.1 Å². The smallest absolute Gasteiger partial charge is 0.329 e. The maximum Gasteiger partial charge on any atom is 0.329 e. The van der Waals surface area contributed by atoms with Crippen molar-refractivity contribution in [2.24, 2.45) is 7.05 Å². The topological polar surface area (TPSA) is 160 Å². The third-order valence-corrected chi connectivity index (χ3v) is 13.2. The summed E-state index contributed by atoms with van der Waals surface area (Å²) in [6.45, 7) is 2.92. The van der Waals surface area contributed by atoms with Crippen LogP contribution in [-0.4, -0.2) is 105 Å². The minimum Gasteiger partial charge on any atom is -0.496 e. The molecule has 2 atom stereocenters. The van der Waals surface area contributed by atoms with Gasteiger partial charge in [0.25, 0.3) is 5.91 Å². The van der Waals surface area contributed by atoms with Gasteiger partial charge in [0.05, 0.1) is 35.0 Å². The van der Waals surface area contributed by atoms with Gasteiger partial charge in [-0.3, -0.25) is 38.3 Å². The number of ether oxygens (including phenoxy) is 1. The summed E-state index contributed by atoms with van der Waals surface area (Å²) in [5.74, 6) is -0.901. The zero-order valence-electron chi connectivity index (χ0n) is 36.0. The summed E-state index contributed by atoms with van der Waals surface area (Å²) in [5, 5.41) is 6.90. The third kappa shape index (κ3) is 7.65. The molecule has 0 spiro atoms. The summed E-state index contributed by atoms with van der Waals surface area (Å²) in [4.78, 5) is 74.0. The highest BCUT2D eigenvalue weighted by Crippen LogP contribution is 2.43. The van der Waals surface area contributed by atoms with Crippen LogP contribution in [0.15, 0.2) is 71.8 Å². The van der Waals surface area contributed by atoms with Gasteiger partial charge < -0.3 is 24.4 Å². The number of carbonyl (C=O) groups excluding carboxylic acids is 4. The third-order valence-electron chi connectivity index (χ3n) is 13.2. The average Bonchev–Trinajstić information content (AvgIpc) is 4.01. The molecule has 63 heavy (non-hydrogen) atoms. The van der Waals surface area contributed by atoms with E-state index in [1.165, 1.54) is 9.47 Å². The number of nitrogens with zero attached hydrogens (tertiary/aromatic N) is 7. The molecule has 6 aromatic rings. The van der Waals surface area contributed by atoms with Crippen LogP contribution in [0, 0.1) is 5.82 Å². The minimum absolute atomic E-state index is 0.00723. The monoisotopic (exact) mass is 857 g/mol. The van der Waals surface area contributed by atoms with Crippen molar-refractivity contribution in [3.8, 4) is 16.9 Å². The zero-order chi connectivity index (χ0) is 44.1. The maximum absolute atomic E-state index is 16.8. The second kappa shape index (κ2) is 16.9. The predicted molar refractivity (Wildman–Crippen MR) is 236 cm³/mol. The molecule has 16 heteroatoms. The molecule has 0 radical (unpaired) electrons. The number of benzene rings is 3. The number of carbonyl (C=O) groups is 4. The number of piperidine rings is 3. The van der Waals surface area contributed by atoms with Crippen LogP contribution in [0.5, 0.6) is 5.75 Å². The van der Waals surface area contributed by atoms with Gasteiger partial charge in [0.1, 0.15) is 11.8 Å². The summed E-state index contributed by atoms with van der Waals surface area (Å²) < 4.78 is 27.6. The Balaban J connectivity index is 0.980. The number of hydrogen-bond acceptors (Lipinski definition) is 8. The molecule has 3 saturated heterocycles. The Morgan fingerprint density at radius 1 is 0.952 bits per heavy atom. The number of halogens is 1. The molecule has 3 aliphatic heterocycles. The number of aromatic nitrogens is 5. The van der Waals surface area contributed by atoms with E-state index in [1.807, 2.05) is 47.5 Å². The first-order valence-electron chi connectivity index (χ1n) is 21.7. The van der Waals surface area contributed by atoms with Gasteiger partial charge in [0, 0.05) is 107 Å². The fourth-order valence-electron chi connectivity index (χ4n) is 9.94. The zero-order valence-corrected chi connectivity index (χ0v) is 36.0. The molecule has 6 heterocycles. The first-order chi connectivity index (χ1) is 30.4. The number of rotatable bonds is 10. The largest absolute Gasteiger partial charge is 0.496 e. The van der Waals surface area contributed by atoms with E-state index in [0.29, 0.717) is 71.5 Å². The number of likely N-dealkylation sites (tertiary alicyclic amines) is 1. The van der Waals surface area contributed by atoms with E-state index in [0.717, 1.165) is 54.7 Å². The van der Waals surface area contributed by atoms with Gasteiger partial charge in [-0.05, 0) is 80.0 Å². The van der Waals surface area contributed by atoms with Gasteiger partial charge in [-0.2, -0.15) is 5.10 Å². The molecule has 9 rings (SSSR count). The molecular formula is C47H52FN9O6. The molecule has 0 bridgehead atoms. The normalized spacial score (nSPS) is 18.6. The van der Waals surface area contributed by atoms with E-state index < -0.39 is 17.8 Å². The first kappa shape index (κ1) is 41.6. The first-order valence-corrected chi connectivity index (χ1v) is 21.7. The predicted octanol–water partition coefficient (Wildman–Crippen LogP) is 5.69. The van der Waals surface area contributed by atoms with E-state index in [2.05, 4.69) is 26.4 Å². The van der Waals surface area contributed by atoms with Crippen LogP contribution in [0.2, 0.25) is 0 Å². The number of nitrogens with one attached hydrogen (secondary N) is 2. The summed E-state index contributed by atoms with van der Waals surface area (Å²) in [6, 6.07) is 16.4. The molecule has 15 nitrogen and oxygen atoms in total. The molecule has 3 aliphatic rings. The van der Waals surface area contributed by atoms with Gasteiger partial charge in [-0.15, -0.1) is 0 Å². The van der Waals surface area contributed by atoms with Crippen LogP contribution >= 0.6 is 0 Å². The van der Waals surface area contributed by atoms with Gasteiger partial charge >= 0.3 is 5.69 Å². The quantitative estimate of drug-likeness (QED) is 0.166. The van der Waals surface area contributed by atoms with E-state index >= 15 is 4.39 Å². The number of fused-ring (bicyclic) bond motifs is 2. The number of imide groups is 1. The van der Waals surface area contributed by atoms with Gasteiger partial charge in [-0.1, -0.05) is 18.2 Å². The number of imidazole rings is 1. The molecular weight excluding hydrogens is 806 g/mol. The highest BCUT2D eigenvalue weighted by molar-refractivity contribution is 6.05. The maximum atomic E-state index is 16.8. The molecule has 4 amide bonds. The lowest BCUT2D eigenvalue weighted by atomic mass is 9.87. The van der Waals surface area contributed by atoms with Crippen molar-refractivity contribution < 1.29 is 28.3 Å². The van der Waals surface area contributed by atoms with Crippen molar-refractivity contribution in [2.75, 3.05) is 52.3 Å². The highest BCUT2D eigenvalue weighted by atomic mass is 19.1. The summed E-state index contributed by atoms with van der Waals surface area (Å²) in [5.41, 5.74) is 5.82. The second-order valence-electron chi connectivity index (χ2n) is 17.2. The Kier molecular flexibility index (Phi) is 11.1. The van der Waals surface area contributed by atoms with Gasteiger partial charge in [-0.25, -0.2) is 9.18 Å². The summed E-state index contributed by atoms with van der Waals surface area (Å²) >= 11 is 0. The van der Waals surface area contributed by atoms with Crippen LogP contribution in [-0.2, 0) is 28.0 Å². The molecule has 2 N–H and O–H groups in total. The van der Waals surface area contributed by atoms with Crippen LogP contribution < -0.4 is 20.6 Å². The Hall–Kier alpha value is -6.71. The summed E-state index contributed by atoms with van der Waals surface area (Å²) in [6.07, 6.45) is 7.37. The number of aryl methyl sites for hydroxylation is 2. The Labute approximate surface area is 363 Å². The summed E-state index contributed by atoms with van der Waals surface area (Å²) in [7, 11) is 6.68. The molecule has 328 valence electrons. The number of anilines is 1. The van der Waals surface area contributed by atoms with Gasteiger partial charge in [0.2, 0.25) is 17.7 Å². The number of hydrogen-bond donors (Lipinski definition) is 2. The standard InChI is InChI=1S/C47H52FN9O6/c1-52(2)46(61)31-24-33(43-34(25-31)41(48)42(51-43)30-8-6-19-55(27-30)40(59)17-23-56-20-7-18-49-56)32-12-11-29(26-38(32)63-4)28-15-21-54(22-16-28)35-9-5-10-36-44(35)53(3)47(62)57(36)37-13-14-39(58)50-45(37)60/h5,7,9-12,18,20,24-26,28,30,37,51H,6,8,13-17,19,21-23,27H2,1-4H3,(H,50,58,60)/t30-,37?/m1/s1. The highest BCUT2D eigenvalue weighted by Gasteiger charge is 2.34. The molecule has 3 aromatic heterocycles. The lowest BCUT2D eigenvalue weighted by molar-refractivity contribution is -0.136. The van der Waals surface area contributed by atoms with Crippen molar-refractivity contribution >= 4 is 51.3 Å². The number of H-pyrrole nitrogens is 1. The van der Waals surface area contributed by atoms with Crippen LogP contribution in [0.4, 0.5) is 10.1 Å². The van der Waals surface area contributed by atoms with Crippen molar-refractivity contribution in [3.63, 3.8) is 0 Å². The minimum atomic E-state index is -0.757. The molecule has 1 unspecified atom stereocenters. The lowest BCUT2D eigenvalue weighted by Gasteiger charge is -2.34. The van der Waals surface area contributed by atoms with Crippen molar-refractivity contribution in [1.29, 1.82) is 0 Å².